The monoisotopic (exact) mass is 439 g/mol. The second kappa shape index (κ2) is 8.47. The van der Waals surface area contributed by atoms with Crippen LogP contribution >= 0.6 is 11.6 Å². The first kappa shape index (κ1) is 21.2. The summed E-state index contributed by atoms with van der Waals surface area (Å²) in [6.07, 6.45) is 1.63. The summed E-state index contributed by atoms with van der Waals surface area (Å²) in [5, 5.41) is 12.1. The van der Waals surface area contributed by atoms with E-state index in [1.54, 1.807) is 24.3 Å². The van der Waals surface area contributed by atoms with E-state index in [0.717, 1.165) is 21.8 Å². The summed E-state index contributed by atoms with van der Waals surface area (Å²) in [4.78, 5) is 0. The van der Waals surface area contributed by atoms with Crippen LogP contribution in [0.15, 0.2) is 35.4 Å². The standard InChI is InChI=1S/C20H17ClF3N3OS/c1-2-27-18-10-6-14(21)5-9-16(18)17(11-25)19(27)13-3-7-15(8-4-13)26-29(28)12-20(22,23)24/h3-4,6-10,26H,2,5,12H2,1H3. The van der Waals surface area contributed by atoms with Crippen molar-refractivity contribution in [3.8, 4) is 17.3 Å². The molecule has 0 spiro atoms. The highest BCUT2D eigenvalue weighted by atomic mass is 35.5. The number of aromatic nitrogens is 1. The molecule has 1 unspecified atom stereocenters. The molecule has 0 saturated carbocycles. The van der Waals surface area contributed by atoms with E-state index in [9.17, 15) is 22.6 Å². The summed E-state index contributed by atoms with van der Waals surface area (Å²) >= 11 is 6.12. The minimum absolute atomic E-state index is 0.304. The molecule has 0 saturated heterocycles. The highest BCUT2D eigenvalue weighted by molar-refractivity contribution is 7.86. The summed E-state index contributed by atoms with van der Waals surface area (Å²) in [5.41, 5.74) is 2.28. The Balaban J connectivity index is 2.01. The fraction of sp³-hybridized carbons (Fsp3) is 0.250. The Morgan fingerprint density at radius 3 is 2.55 bits per heavy atom. The van der Waals surface area contributed by atoms with Crippen LogP contribution in [0.4, 0.5) is 18.9 Å². The first-order valence-electron chi connectivity index (χ1n) is 8.75. The normalized spacial score (nSPS) is 14.6. The van der Waals surface area contributed by atoms with Crippen LogP contribution in [0, 0.1) is 11.3 Å². The van der Waals surface area contributed by atoms with Gasteiger partial charge in [-0.15, -0.1) is 0 Å². The van der Waals surface area contributed by atoms with E-state index in [1.165, 1.54) is 0 Å². The zero-order valence-electron chi connectivity index (χ0n) is 15.4. The van der Waals surface area contributed by atoms with Gasteiger partial charge in [0, 0.05) is 34.3 Å². The largest absolute Gasteiger partial charge is 0.402 e. The van der Waals surface area contributed by atoms with Crippen molar-refractivity contribution in [1.82, 2.24) is 4.57 Å². The number of rotatable bonds is 5. The topological polar surface area (TPSA) is 57.8 Å². The number of hydrogen-bond acceptors (Lipinski definition) is 2. The van der Waals surface area contributed by atoms with Crippen molar-refractivity contribution in [3.63, 3.8) is 0 Å². The number of halogens is 4. The van der Waals surface area contributed by atoms with Gasteiger partial charge in [-0.1, -0.05) is 29.8 Å². The van der Waals surface area contributed by atoms with Gasteiger partial charge >= 0.3 is 6.18 Å². The van der Waals surface area contributed by atoms with E-state index in [0.29, 0.717) is 29.2 Å². The van der Waals surface area contributed by atoms with Crippen molar-refractivity contribution in [2.24, 2.45) is 0 Å². The lowest BCUT2D eigenvalue weighted by atomic mass is 10.1. The molecule has 0 aliphatic heterocycles. The minimum Gasteiger partial charge on any atom is -0.340 e. The van der Waals surface area contributed by atoms with Crippen LogP contribution in [0.25, 0.3) is 23.4 Å². The lowest BCUT2D eigenvalue weighted by Crippen LogP contribution is -2.29. The molecule has 29 heavy (non-hydrogen) atoms. The molecule has 1 aliphatic carbocycles. The third-order valence-corrected chi connectivity index (χ3v) is 5.71. The number of allylic oxidation sites excluding steroid dienone is 2. The van der Waals surface area contributed by atoms with Crippen LogP contribution < -0.4 is 15.3 Å². The number of alkyl halides is 3. The smallest absolute Gasteiger partial charge is 0.340 e. The summed E-state index contributed by atoms with van der Waals surface area (Å²) < 4.78 is 53.0. The zero-order chi connectivity index (χ0) is 21.2. The summed E-state index contributed by atoms with van der Waals surface area (Å²) in [6, 6.07) is 8.75. The fourth-order valence-electron chi connectivity index (χ4n) is 3.23. The van der Waals surface area contributed by atoms with Crippen LogP contribution in [0.1, 0.15) is 18.9 Å². The van der Waals surface area contributed by atoms with Gasteiger partial charge in [-0.25, -0.2) is 4.21 Å². The molecule has 0 radical (unpaired) electrons. The number of anilines is 1. The van der Waals surface area contributed by atoms with Crippen LogP contribution in [0.3, 0.4) is 0 Å². The SMILES string of the molecule is CCn1c(-c2ccc(NS(=O)CC(F)(F)F)cc2)c(C#N)c2c1=CC=C(Cl)CC=2. The Bertz CT molecular complexity index is 1140. The minimum atomic E-state index is -4.51. The van der Waals surface area contributed by atoms with E-state index < -0.39 is 22.9 Å². The van der Waals surface area contributed by atoms with Crippen molar-refractivity contribution >= 4 is 40.4 Å². The first-order valence-corrected chi connectivity index (χ1v) is 10.4. The highest BCUT2D eigenvalue weighted by Gasteiger charge is 2.30. The quantitative estimate of drug-likeness (QED) is 0.771. The van der Waals surface area contributed by atoms with Crippen molar-refractivity contribution in [2.45, 2.75) is 26.1 Å². The number of hydrogen-bond donors (Lipinski definition) is 1. The Morgan fingerprint density at radius 1 is 1.28 bits per heavy atom. The predicted molar refractivity (Wildman–Crippen MR) is 110 cm³/mol. The molecule has 0 bridgehead atoms. The van der Waals surface area contributed by atoms with Crippen LogP contribution in [0.5, 0.6) is 0 Å². The summed E-state index contributed by atoms with van der Waals surface area (Å²) in [7, 11) is -2.26. The van der Waals surface area contributed by atoms with Crippen molar-refractivity contribution in [1.29, 1.82) is 5.26 Å². The number of benzene rings is 1. The Morgan fingerprint density at radius 2 is 1.97 bits per heavy atom. The number of nitriles is 1. The second-order valence-electron chi connectivity index (χ2n) is 6.35. The fourth-order valence-corrected chi connectivity index (χ4v) is 4.14. The molecule has 1 N–H and O–H groups in total. The number of fused-ring (bicyclic) bond motifs is 1. The molecule has 0 fully saturated rings. The zero-order valence-corrected chi connectivity index (χ0v) is 17.0. The van der Waals surface area contributed by atoms with E-state index in [1.807, 2.05) is 29.7 Å². The molecule has 0 amide bonds. The van der Waals surface area contributed by atoms with Crippen LogP contribution in [0.2, 0.25) is 0 Å². The third kappa shape index (κ3) is 4.74. The van der Waals surface area contributed by atoms with Crippen molar-refractivity contribution in [3.05, 3.63) is 51.5 Å². The molecule has 1 aliphatic rings. The van der Waals surface area contributed by atoms with Gasteiger partial charge in [0.25, 0.3) is 0 Å². The molecular weight excluding hydrogens is 423 g/mol. The molecule has 2 aromatic rings. The maximum absolute atomic E-state index is 12.3. The van der Waals surface area contributed by atoms with Gasteiger partial charge in [-0.05, 0) is 36.8 Å². The molecular formula is C20H17ClF3N3OS. The predicted octanol–water partition coefficient (Wildman–Crippen LogP) is 3.77. The molecule has 3 rings (SSSR count). The van der Waals surface area contributed by atoms with Gasteiger partial charge in [0.2, 0.25) is 0 Å². The van der Waals surface area contributed by atoms with E-state index in [2.05, 4.69) is 10.8 Å². The summed E-state index contributed by atoms with van der Waals surface area (Å²) in [6.45, 7) is 2.58. The maximum atomic E-state index is 12.3. The molecule has 1 atom stereocenters. The summed E-state index contributed by atoms with van der Waals surface area (Å²) in [5.74, 6) is -1.43. The Hall–Kier alpha value is -2.50. The highest BCUT2D eigenvalue weighted by Crippen LogP contribution is 2.24. The van der Waals surface area contributed by atoms with Gasteiger partial charge < -0.3 is 9.29 Å². The molecule has 1 heterocycles. The van der Waals surface area contributed by atoms with E-state index in [4.69, 9.17) is 11.6 Å². The average molecular weight is 440 g/mol. The third-order valence-electron chi connectivity index (χ3n) is 4.38. The number of nitrogens with zero attached hydrogens (tertiary/aromatic N) is 2. The average Bonchev–Trinajstić information content (AvgIpc) is 2.83. The van der Waals surface area contributed by atoms with Gasteiger partial charge in [-0.3, -0.25) is 0 Å². The Kier molecular flexibility index (Phi) is 6.20. The van der Waals surface area contributed by atoms with Gasteiger partial charge in [0.1, 0.15) is 22.8 Å². The van der Waals surface area contributed by atoms with Gasteiger partial charge in [-0.2, -0.15) is 18.4 Å². The van der Waals surface area contributed by atoms with Crippen LogP contribution in [-0.2, 0) is 17.5 Å². The molecule has 1 aromatic heterocycles. The van der Waals surface area contributed by atoms with Crippen LogP contribution in [-0.4, -0.2) is 20.7 Å². The molecule has 4 nitrogen and oxygen atoms in total. The molecule has 152 valence electrons. The van der Waals surface area contributed by atoms with E-state index >= 15 is 0 Å². The van der Waals surface area contributed by atoms with Gasteiger partial charge in [0.15, 0.2) is 0 Å². The van der Waals surface area contributed by atoms with Crippen molar-refractivity contribution < 1.29 is 17.4 Å². The van der Waals surface area contributed by atoms with E-state index in [-0.39, 0.29) is 0 Å². The Labute approximate surface area is 173 Å². The lowest BCUT2D eigenvalue weighted by molar-refractivity contribution is -0.105. The first-order chi connectivity index (χ1) is 13.7. The number of nitrogens with one attached hydrogen (secondary N) is 1. The second-order valence-corrected chi connectivity index (χ2v) is 8.02. The maximum Gasteiger partial charge on any atom is 0.402 e. The molecule has 1 aromatic carbocycles. The molecule has 9 heteroatoms. The lowest BCUT2D eigenvalue weighted by Gasteiger charge is -2.11. The van der Waals surface area contributed by atoms with Crippen molar-refractivity contribution in [2.75, 3.05) is 10.5 Å². The van der Waals surface area contributed by atoms with Gasteiger partial charge in [0.05, 0.1) is 11.3 Å².